The second kappa shape index (κ2) is 8.70. The molecule has 0 aromatic carbocycles. The first-order valence-electron chi connectivity index (χ1n) is 10.00. The van der Waals surface area contributed by atoms with E-state index >= 15 is 0 Å². The summed E-state index contributed by atoms with van der Waals surface area (Å²) in [6.07, 6.45) is 2.70. The lowest BCUT2D eigenvalue weighted by molar-refractivity contribution is -0.133. The molecule has 0 unspecified atom stereocenters. The molecule has 2 aromatic heterocycles. The zero-order valence-corrected chi connectivity index (χ0v) is 18.0. The summed E-state index contributed by atoms with van der Waals surface area (Å²) in [5, 5.41) is 9.41. The summed E-state index contributed by atoms with van der Waals surface area (Å²) in [6, 6.07) is 5.51. The number of sulfonamides is 1. The highest BCUT2D eigenvalue weighted by Gasteiger charge is 2.29. The number of nitriles is 1. The van der Waals surface area contributed by atoms with Crippen molar-refractivity contribution in [1.82, 2.24) is 19.1 Å². The highest BCUT2D eigenvalue weighted by atomic mass is 32.2. The van der Waals surface area contributed by atoms with Crippen LogP contribution < -0.4 is 4.90 Å². The van der Waals surface area contributed by atoms with E-state index in [1.54, 1.807) is 17.0 Å². The zero-order chi connectivity index (χ0) is 22.0. The number of hydrogen-bond donors (Lipinski definition) is 0. The maximum Gasteiger partial charge on any atom is 0.266 e. The van der Waals surface area contributed by atoms with Crippen LogP contribution >= 0.6 is 0 Å². The molecule has 0 radical (unpaired) electrons. The van der Waals surface area contributed by atoms with Crippen molar-refractivity contribution in [1.29, 1.82) is 5.26 Å². The molecule has 4 rings (SSSR count). The predicted molar refractivity (Wildman–Crippen MR) is 111 cm³/mol. The Labute approximate surface area is 180 Å². The van der Waals surface area contributed by atoms with E-state index in [9.17, 15) is 18.5 Å². The first kappa shape index (κ1) is 21.4. The summed E-state index contributed by atoms with van der Waals surface area (Å²) < 4.78 is 35.7. The summed E-state index contributed by atoms with van der Waals surface area (Å²) >= 11 is 0. The molecular weight excluding hydrogens is 424 g/mol. The first-order valence-corrected chi connectivity index (χ1v) is 11.8. The molecule has 0 aliphatic carbocycles. The van der Waals surface area contributed by atoms with Crippen LogP contribution in [0, 0.1) is 11.3 Å². The lowest BCUT2D eigenvalue weighted by Gasteiger charge is -2.37. The molecule has 31 heavy (non-hydrogen) atoms. The van der Waals surface area contributed by atoms with Crippen molar-refractivity contribution in [2.45, 2.75) is 0 Å². The molecule has 11 nitrogen and oxygen atoms in total. The van der Waals surface area contributed by atoms with Crippen molar-refractivity contribution in [3.05, 3.63) is 24.1 Å². The highest BCUT2D eigenvalue weighted by Crippen LogP contribution is 2.29. The van der Waals surface area contributed by atoms with Crippen LogP contribution in [0.5, 0.6) is 0 Å². The van der Waals surface area contributed by atoms with Crippen LogP contribution in [0.3, 0.4) is 0 Å². The number of carbonyl (C=O) groups is 1. The third kappa shape index (κ3) is 4.73. The maximum absolute atomic E-state index is 12.6. The van der Waals surface area contributed by atoms with Gasteiger partial charge in [0.05, 0.1) is 19.1 Å². The predicted octanol–water partition coefficient (Wildman–Crippen LogP) is 0.0321. The number of amides is 1. The van der Waals surface area contributed by atoms with Gasteiger partial charge in [-0.05, 0) is 12.1 Å². The molecule has 166 valence electrons. The van der Waals surface area contributed by atoms with Gasteiger partial charge in [0.25, 0.3) is 5.89 Å². The Balaban J connectivity index is 1.31. The Bertz CT molecular complexity index is 1060. The van der Waals surface area contributed by atoms with E-state index in [2.05, 4.69) is 16.0 Å². The van der Waals surface area contributed by atoms with Gasteiger partial charge in [0.2, 0.25) is 27.5 Å². The number of anilines is 1. The molecule has 0 bridgehead atoms. The quantitative estimate of drug-likeness (QED) is 0.622. The number of aromatic nitrogens is 1. The SMILES string of the molecule is CS(=O)(=O)N1CCN(C(=O)CN2CCN(c3oc(-c4ccco4)nc3C#N)CC2)CC1. The highest BCUT2D eigenvalue weighted by molar-refractivity contribution is 7.88. The molecular formula is C19H24N6O5S. The molecule has 1 amide bonds. The molecule has 0 N–H and O–H groups in total. The summed E-state index contributed by atoms with van der Waals surface area (Å²) in [4.78, 5) is 22.6. The van der Waals surface area contributed by atoms with E-state index in [-0.39, 0.29) is 24.0 Å². The normalized spacial score (nSPS) is 18.8. The van der Waals surface area contributed by atoms with Gasteiger partial charge in [0, 0.05) is 52.4 Å². The maximum atomic E-state index is 12.6. The van der Waals surface area contributed by atoms with Crippen LogP contribution in [0.4, 0.5) is 5.88 Å². The Morgan fingerprint density at radius 1 is 1.16 bits per heavy atom. The van der Waals surface area contributed by atoms with Gasteiger partial charge < -0.3 is 18.6 Å². The largest absolute Gasteiger partial charge is 0.459 e. The molecule has 0 spiro atoms. The molecule has 2 saturated heterocycles. The topological polar surface area (TPSA) is 127 Å². The fourth-order valence-corrected chi connectivity index (χ4v) is 4.60. The second-order valence-corrected chi connectivity index (χ2v) is 9.55. The molecule has 12 heteroatoms. The van der Waals surface area contributed by atoms with Gasteiger partial charge in [-0.1, -0.05) is 0 Å². The minimum atomic E-state index is -3.22. The molecule has 4 heterocycles. The summed E-state index contributed by atoms with van der Waals surface area (Å²) in [5.74, 6) is 1.14. The minimum absolute atomic E-state index is 0.000846. The summed E-state index contributed by atoms with van der Waals surface area (Å²) in [5.41, 5.74) is 0.208. The molecule has 2 aliphatic heterocycles. The molecule has 2 aliphatic rings. The van der Waals surface area contributed by atoms with Crippen LogP contribution in [0.25, 0.3) is 11.7 Å². The zero-order valence-electron chi connectivity index (χ0n) is 17.2. The lowest BCUT2D eigenvalue weighted by atomic mass is 10.3. The minimum Gasteiger partial charge on any atom is -0.459 e. The number of furan rings is 1. The molecule has 2 fully saturated rings. The molecule has 0 saturated carbocycles. The van der Waals surface area contributed by atoms with E-state index in [0.29, 0.717) is 64.0 Å². The number of oxazole rings is 1. The third-order valence-corrected chi connectivity index (χ3v) is 6.83. The third-order valence-electron chi connectivity index (χ3n) is 5.53. The first-order chi connectivity index (χ1) is 14.8. The van der Waals surface area contributed by atoms with E-state index in [1.165, 1.54) is 16.8 Å². The second-order valence-electron chi connectivity index (χ2n) is 7.57. The van der Waals surface area contributed by atoms with Gasteiger partial charge in [-0.3, -0.25) is 9.69 Å². The van der Waals surface area contributed by atoms with Crippen molar-refractivity contribution in [3.63, 3.8) is 0 Å². The van der Waals surface area contributed by atoms with E-state index in [1.807, 2.05) is 4.90 Å². The number of piperazine rings is 2. The van der Waals surface area contributed by atoms with E-state index in [0.717, 1.165) is 0 Å². The number of nitrogens with zero attached hydrogens (tertiary/aromatic N) is 6. The Kier molecular flexibility index (Phi) is 5.99. The van der Waals surface area contributed by atoms with Gasteiger partial charge in [-0.15, -0.1) is 0 Å². The average Bonchev–Trinajstić information content (AvgIpc) is 3.43. The molecule has 2 aromatic rings. The van der Waals surface area contributed by atoms with Crippen LogP contribution in [-0.4, -0.2) is 98.6 Å². The molecule has 0 atom stereocenters. The smallest absolute Gasteiger partial charge is 0.266 e. The average molecular weight is 449 g/mol. The van der Waals surface area contributed by atoms with Crippen molar-refractivity contribution in [3.8, 4) is 17.7 Å². The van der Waals surface area contributed by atoms with Gasteiger partial charge >= 0.3 is 0 Å². The Hall–Kier alpha value is -2.88. The van der Waals surface area contributed by atoms with Crippen molar-refractivity contribution in [2.75, 3.05) is 70.1 Å². The Morgan fingerprint density at radius 3 is 2.45 bits per heavy atom. The van der Waals surface area contributed by atoms with Crippen LogP contribution in [-0.2, 0) is 14.8 Å². The number of carbonyl (C=O) groups excluding carboxylic acids is 1. The number of rotatable bonds is 5. The Morgan fingerprint density at radius 2 is 1.87 bits per heavy atom. The number of hydrogen-bond acceptors (Lipinski definition) is 9. The van der Waals surface area contributed by atoms with Crippen LogP contribution in [0.15, 0.2) is 27.2 Å². The van der Waals surface area contributed by atoms with Gasteiger partial charge in [-0.2, -0.15) is 14.6 Å². The monoisotopic (exact) mass is 448 g/mol. The fourth-order valence-electron chi connectivity index (χ4n) is 3.77. The van der Waals surface area contributed by atoms with Gasteiger partial charge in [0.1, 0.15) is 6.07 Å². The standard InChI is InChI=1S/C19H24N6O5S/c1-31(27,28)25-10-8-23(9-11-25)17(26)14-22-4-6-24(7-5-22)19-15(13-20)21-18(30-19)16-3-2-12-29-16/h2-3,12H,4-11,14H2,1H3. The summed E-state index contributed by atoms with van der Waals surface area (Å²) in [6.45, 7) is 4.22. The fraction of sp³-hybridized carbons (Fsp3) is 0.526. The van der Waals surface area contributed by atoms with Gasteiger partial charge in [-0.25, -0.2) is 8.42 Å². The van der Waals surface area contributed by atoms with Crippen molar-refractivity contribution in [2.24, 2.45) is 0 Å². The lowest BCUT2D eigenvalue weighted by Crippen LogP contribution is -2.54. The summed E-state index contributed by atoms with van der Waals surface area (Å²) in [7, 11) is -3.22. The van der Waals surface area contributed by atoms with Gasteiger partial charge in [0.15, 0.2) is 5.76 Å². The van der Waals surface area contributed by atoms with E-state index in [4.69, 9.17) is 8.83 Å². The van der Waals surface area contributed by atoms with Crippen molar-refractivity contribution >= 4 is 21.8 Å². The van der Waals surface area contributed by atoms with Crippen LogP contribution in [0.2, 0.25) is 0 Å². The van der Waals surface area contributed by atoms with Crippen molar-refractivity contribution < 1.29 is 22.0 Å². The van der Waals surface area contributed by atoms with Crippen LogP contribution in [0.1, 0.15) is 5.69 Å². The van der Waals surface area contributed by atoms with E-state index < -0.39 is 10.0 Å².